The molecule has 0 radical (unpaired) electrons. The van der Waals surface area contributed by atoms with Gasteiger partial charge in [0.05, 0.1) is 27.3 Å². The first kappa shape index (κ1) is 13.3. The molecule has 3 nitrogen and oxygen atoms in total. The van der Waals surface area contributed by atoms with Gasteiger partial charge in [0, 0.05) is 5.39 Å². The lowest BCUT2D eigenvalue weighted by atomic mass is 10.1. The summed E-state index contributed by atoms with van der Waals surface area (Å²) in [5, 5.41) is 2.26. The number of aromatic nitrogens is 3. The number of hydrogen-bond acceptors (Lipinski definition) is 3. The second-order valence-electron chi connectivity index (χ2n) is 5.28. The van der Waals surface area contributed by atoms with E-state index < -0.39 is 0 Å². The molecule has 1 N–H and O–H groups in total. The topological polar surface area (TPSA) is 41.6 Å². The summed E-state index contributed by atoms with van der Waals surface area (Å²) >= 11 is 1.71. The summed E-state index contributed by atoms with van der Waals surface area (Å²) in [5.41, 5.74) is 4.41. The zero-order chi connectivity index (χ0) is 14.9. The largest absolute Gasteiger partial charge is 0.341 e. The van der Waals surface area contributed by atoms with Crippen molar-refractivity contribution in [2.45, 2.75) is 17.7 Å². The minimum Gasteiger partial charge on any atom is -0.341 e. The Labute approximate surface area is 132 Å². The van der Waals surface area contributed by atoms with Gasteiger partial charge in [0.1, 0.15) is 5.82 Å². The maximum Gasteiger partial charge on any atom is 0.117 e. The molecule has 4 heteroatoms. The molecule has 0 atom stereocenters. The summed E-state index contributed by atoms with van der Waals surface area (Å²) in [5.74, 6) is 1.78. The van der Waals surface area contributed by atoms with Gasteiger partial charge in [0.25, 0.3) is 0 Å². The second-order valence-corrected chi connectivity index (χ2v) is 6.28. The number of hydrogen-bond donors (Lipinski definition) is 1. The lowest BCUT2D eigenvalue weighted by Crippen LogP contribution is -1.89. The van der Waals surface area contributed by atoms with Gasteiger partial charge in [0.2, 0.25) is 0 Å². The Bertz CT molecular complexity index is 926. The van der Waals surface area contributed by atoms with Gasteiger partial charge in [-0.15, -0.1) is 0 Å². The highest BCUT2D eigenvalue weighted by atomic mass is 32.2. The number of para-hydroxylation sites is 3. The average molecular weight is 305 g/mol. The number of nitrogens with zero attached hydrogens (tertiary/aromatic N) is 2. The molecular weight excluding hydrogens is 290 g/mol. The molecule has 0 fully saturated rings. The van der Waals surface area contributed by atoms with Crippen LogP contribution in [-0.2, 0) is 5.75 Å². The number of thioether (sulfide) groups is 1. The monoisotopic (exact) mass is 305 g/mol. The molecule has 0 aliphatic carbocycles. The van der Waals surface area contributed by atoms with Gasteiger partial charge < -0.3 is 4.98 Å². The number of nitrogens with one attached hydrogen (secondary N) is 1. The van der Waals surface area contributed by atoms with E-state index in [1.165, 1.54) is 10.9 Å². The summed E-state index contributed by atoms with van der Waals surface area (Å²) in [6.45, 7) is 2.13. The molecule has 0 aliphatic rings. The number of H-pyrrole nitrogens is 1. The first-order chi connectivity index (χ1) is 10.8. The Morgan fingerprint density at radius 1 is 0.955 bits per heavy atom. The van der Waals surface area contributed by atoms with E-state index in [9.17, 15) is 0 Å². The highest BCUT2D eigenvalue weighted by Gasteiger charge is 2.06. The molecule has 0 aliphatic heterocycles. The average Bonchev–Trinajstić information content (AvgIpc) is 2.96. The zero-order valence-corrected chi connectivity index (χ0v) is 13.0. The fourth-order valence-electron chi connectivity index (χ4n) is 2.61. The number of imidazole rings is 1. The molecule has 4 rings (SSSR count). The van der Waals surface area contributed by atoms with Crippen LogP contribution in [0.4, 0.5) is 0 Å². The lowest BCUT2D eigenvalue weighted by Gasteiger charge is -2.05. The van der Waals surface area contributed by atoms with Gasteiger partial charge in [-0.2, -0.15) is 0 Å². The Morgan fingerprint density at radius 3 is 2.59 bits per heavy atom. The Morgan fingerprint density at radius 2 is 1.73 bits per heavy atom. The quantitative estimate of drug-likeness (QED) is 0.557. The van der Waals surface area contributed by atoms with Crippen molar-refractivity contribution in [3.8, 4) is 0 Å². The van der Waals surface area contributed by atoms with Crippen molar-refractivity contribution in [2.75, 3.05) is 0 Å². The SMILES string of the molecule is Cc1cc(SCc2nc3ccccc3[nH]2)nc2ccccc12. The fourth-order valence-corrected chi connectivity index (χ4v) is 3.45. The highest BCUT2D eigenvalue weighted by molar-refractivity contribution is 7.98. The van der Waals surface area contributed by atoms with E-state index in [0.717, 1.165) is 33.2 Å². The maximum atomic E-state index is 4.73. The molecule has 0 amide bonds. The van der Waals surface area contributed by atoms with E-state index in [1.54, 1.807) is 11.8 Å². The standard InChI is InChI=1S/C18H15N3S/c1-12-10-18(21-14-7-3-2-6-13(12)14)22-11-17-19-15-8-4-5-9-16(15)20-17/h2-10H,11H2,1H3,(H,19,20). The minimum atomic E-state index is 0.791. The molecule has 2 heterocycles. The van der Waals surface area contributed by atoms with E-state index in [4.69, 9.17) is 4.98 Å². The molecule has 22 heavy (non-hydrogen) atoms. The van der Waals surface area contributed by atoms with E-state index in [-0.39, 0.29) is 0 Å². The maximum absolute atomic E-state index is 4.73. The van der Waals surface area contributed by atoms with Crippen molar-refractivity contribution in [1.29, 1.82) is 0 Å². The first-order valence-electron chi connectivity index (χ1n) is 7.22. The Kier molecular flexibility index (Phi) is 3.31. The number of pyridine rings is 1. The smallest absolute Gasteiger partial charge is 0.117 e. The lowest BCUT2D eigenvalue weighted by molar-refractivity contribution is 1.12. The zero-order valence-electron chi connectivity index (χ0n) is 12.2. The normalized spacial score (nSPS) is 11.3. The van der Waals surface area contributed by atoms with Crippen LogP contribution in [-0.4, -0.2) is 15.0 Å². The Balaban J connectivity index is 1.60. The third kappa shape index (κ3) is 2.46. The summed E-state index contributed by atoms with van der Waals surface area (Å²) in [6, 6.07) is 18.5. The molecule has 0 bridgehead atoms. The molecule has 0 spiro atoms. The van der Waals surface area contributed by atoms with Crippen LogP contribution in [0.25, 0.3) is 21.9 Å². The van der Waals surface area contributed by atoms with Gasteiger partial charge in [-0.25, -0.2) is 9.97 Å². The minimum absolute atomic E-state index is 0.791. The highest BCUT2D eigenvalue weighted by Crippen LogP contribution is 2.26. The first-order valence-corrected chi connectivity index (χ1v) is 8.21. The number of aromatic amines is 1. The van der Waals surface area contributed by atoms with Crippen LogP contribution in [0.5, 0.6) is 0 Å². The van der Waals surface area contributed by atoms with E-state index >= 15 is 0 Å². The van der Waals surface area contributed by atoms with E-state index in [0.29, 0.717) is 0 Å². The van der Waals surface area contributed by atoms with Crippen LogP contribution in [0.1, 0.15) is 11.4 Å². The van der Waals surface area contributed by atoms with Gasteiger partial charge in [0.15, 0.2) is 0 Å². The summed E-state index contributed by atoms with van der Waals surface area (Å²) in [6.07, 6.45) is 0. The molecule has 0 saturated heterocycles. The summed E-state index contributed by atoms with van der Waals surface area (Å²) < 4.78 is 0. The van der Waals surface area contributed by atoms with Crippen LogP contribution >= 0.6 is 11.8 Å². The molecule has 0 unspecified atom stereocenters. The third-order valence-corrected chi connectivity index (χ3v) is 4.62. The molecule has 0 saturated carbocycles. The number of rotatable bonds is 3. The fraction of sp³-hybridized carbons (Fsp3) is 0.111. The van der Waals surface area contributed by atoms with Crippen molar-refractivity contribution in [2.24, 2.45) is 0 Å². The predicted octanol–water partition coefficient (Wildman–Crippen LogP) is 4.71. The van der Waals surface area contributed by atoms with Crippen molar-refractivity contribution < 1.29 is 0 Å². The third-order valence-electron chi connectivity index (χ3n) is 3.69. The summed E-state index contributed by atoms with van der Waals surface area (Å²) in [4.78, 5) is 12.7. The van der Waals surface area contributed by atoms with Gasteiger partial charge in [-0.1, -0.05) is 42.1 Å². The summed E-state index contributed by atoms with van der Waals surface area (Å²) in [7, 11) is 0. The Hall–Kier alpha value is -2.33. The van der Waals surface area contributed by atoms with Crippen molar-refractivity contribution in [3.63, 3.8) is 0 Å². The van der Waals surface area contributed by atoms with Gasteiger partial charge in [-0.3, -0.25) is 0 Å². The number of fused-ring (bicyclic) bond motifs is 2. The van der Waals surface area contributed by atoms with Gasteiger partial charge in [-0.05, 0) is 36.8 Å². The van der Waals surface area contributed by atoms with Crippen LogP contribution in [0.3, 0.4) is 0 Å². The van der Waals surface area contributed by atoms with Gasteiger partial charge >= 0.3 is 0 Å². The number of benzene rings is 2. The van der Waals surface area contributed by atoms with Crippen molar-refractivity contribution >= 4 is 33.7 Å². The van der Waals surface area contributed by atoms with Crippen LogP contribution in [0, 0.1) is 6.92 Å². The molecule has 2 aromatic heterocycles. The van der Waals surface area contributed by atoms with Crippen molar-refractivity contribution in [1.82, 2.24) is 15.0 Å². The van der Waals surface area contributed by atoms with E-state index in [2.05, 4.69) is 47.2 Å². The molecular formula is C18H15N3S. The molecule has 108 valence electrons. The molecule has 4 aromatic rings. The number of aryl methyl sites for hydroxylation is 1. The van der Waals surface area contributed by atoms with Crippen LogP contribution in [0.2, 0.25) is 0 Å². The van der Waals surface area contributed by atoms with Crippen LogP contribution in [0.15, 0.2) is 59.6 Å². The molecule has 2 aromatic carbocycles. The van der Waals surface area contributed by atoms with E-state index in [1.807, 2.05) is 24.3 Å². The predicted molar refractivity (Wildman–Crippen MR) is 92.1 cm³/mol. The van der Waals surface area contributed by atoms with Crippen molar-refractivity contribution in [3.05, 3.63) is 66.0 Å². The van der Waals surface area contributed by atoms with Crippen LogP contribution < -0.4 is 0 Å². The second kappa shape index (κ2) is 5.46.